The van der Waals surface area contributed by atoms with Gasteiger partial charge in [0.2, 0.25) is 0 Å². The maximum Gasteiger partial charge on any atom is 0.251 e. The third kappa shape index (κ3) is 5.32. The fourth-order valence-corrected chi connectivity index (χ4v) is 2.32. The minimum absolute atomic E-state index is 0.0996. The van der Waals surface area contributed by atoms with Crippen molar-refractivity contribution >= 4 is 11.9 Å². The molecule has 1 amide bonds. The summed E-state index contributed by atoms with van der Waals surface area (Å²) in [5, 5.41) is 9.42. The topological polar surface area (TPSA) is 74.8 Å². The number of carbonyl (C=O) groups excluding carboxylic acids is 1. The van der Waals surface area contributed by atoms with Crippen molar-refractivity contribution in [2.24, 2.45) is 4.99 Å². The molecule has 0 saturated heterocycles. The summed E-state index contributed by atoms with van der Waals surface area (Å²) in [6.45, 7) is 1.14. The van der Waals surface area contributed by atoms with Gasteiger partial charge in [0.05, 0.1) is 7.11 Å². The Morgan fingerprint density at radius 3 is 2.43 bits per heavy atom. The van der Waals surface area contributed by atoms with Crippen molar-refractivity contribution in [3.05, 3.63) is 42.0 Å². The van der Waals surface area contributed by atoms with Gasteiger partial charge in [0.1, 0.15) is 5.75 Å². The molecule has 0 bridgehead atoms. The van der Waals surface area contributed by atoms with Gasteiger partial charge in [0.25, 0.3) is 5.91 Å². The predicted molar refractivity (Wildman–Crippen MR) is 92.0 cm³/mol. The second kappa shape index (κ2) is 8.82. The molecule has 6 nitrogen and oxygen atoms in total. The number of nitrogens with zero attached hydrogens (tertiary/aromatic N) is 1. The largest absolute Gasteiger partial charge is 0.497 e. The van der Waals surface area contributed by atoms with Crippen LogP contribution in [0.25, 0.3) is 0 Å². The van der Waals surface area contributed by atoms with Crippen LogP contribution >= 0.6 is 0 Å². The van der Waals surface area contributed by atoms with E-state index < -0.39 is 0 Å². The first-order valence-corrected chi connectivity index (χ1v) is 7.77. The third-order valence-electron chi connectivity index (χ3n) is 3.63. The zero-order chi connectivity index (χ0) is 16.5. The van der Waals surface area contributed by atoms with E-state index in [0.717, 1.165) is 24.6 Å². The smallest absolute Gasteiger partial charge is 0.251 e. The summed E-state index contributed by atoms with van der Waals surface area (Å²) in [6.07, 6.45) is 6.38. The molecule has 0 heterocycles. The van der Waals surface area contributed by atoms with Crippen LogP contribution in [0.15, 0.2) is 41.4 Å². The summed E-state index contributed by atoms with van der Waals surface area (Å²) in [5.41, 5.74) is 0.616. The molecule has 0 fully saturated rings. The van der Waals surface area contributed by atoms with Gasteiger partial charge in [-0.3, -0.25) is 9.79 Å². The average molecular weight is 316 g/mol. The van der Waals surface area contributed by atoms with Crippen molar-refractivity contribution < 1.29 is 9.53 Å². The Balaban J connectivity index is 1.68. The first-order chi connectivity index (χ1) is 11.2. The number of nitrogens with one attached hydrogen (secondary N) is 3. The van der Waals surface area contributed by atoms with Gasteiger partial charge in [-0.15, -0.1) is 0 Å². The number of rotatable bonds is 6. The standard InChI is InChI=1S/C17H24N4O2/c1-18-17(21-14-5-3-4-6-14)20-12-11-19-16(22)13-7-9-15(23-2)10-8-13/h3-4,7-10,14H,5-6,11-12H2,1-2H3,(H,19,22)(H2,18,20,21). The Morgan fingerprint density at radius 1 is 1.17 bits per heavy atom. The molecule has 0 spiro atoms. The van der Waals surface area contributed by atoms with Crippen LogP contribution in [0.4, 0.5) is 0 Å². The van der Waals surface area contributed by atoms with Crippen LogP contribution < -0.4 is 20.7 Å². The highest BCUT2D eigenvalue weighted by Gasteiger charge is 2.11. The number of hydrogen-bond acceptors (Lipinski definition) is 3. The monoisotopic (exact) mass is 316 g/mol. The van der Waals surface area contributed by atoms with Gasteiger partial charge in [-0.2, -0.15) is 0 Å². The molecule has 124 valence electrons. The highest BCUT2D eigenvalue weighted by atomic mass is 16.5. The third-order valence-corrected chi connectivity index (χ3v) is 3.63. The summed E-state index contributed by atoms with van der Waals surface area (Å²) < 4.78 is 5.07. The number of benzene rings is 1. The molecule has 1 aromatic carbocycles. The molecule has 6 heteroatoms. The zero-order valence-corrected chi connectivity index (χ0v) is 13.6. The molecule has 1 aromatic rings. The molecule has 2 rings (SSSR count). The lowest BCUT2D eigenvalue weighted by Crippen LogP contribution is -2.45. The molecule has 1 aliphatic rings. The normalized spacial score (nSPS) is 14.6. The average Bonchev–Trinajstić information content (AvgIpc) is 3.10. The molecular weight excluding hydrogens is 292 g/mol. The summed E-state index contributed by atoms with van der Waals surface area (Å²) in [4.78, 5) is 16.2. The summed E-state index contributed by atoms with van der Waals surface area (Å²) in [7, 11) is 3.34. The molecule has 0 atom stereocenters. The second-order valence-electron chi connectivity index (χ2n) is 5.27. The zero-order valence-electron chi connectivity index (χ0n) is 13.6. The highest BCUT2D eigenvalue weighted by Crippen LogP contribution is 2.11. The SMILES string of the molecule is CN=C(NCCNC(=O)c1ccc(OC)cc1)NC1CC=CC1. The highest BCUT2D eigenvalue weighted by molar-refractivity contribution is 5.94. The van der Waals surface area contributed by atoms with Crippen LogP contribution in [0.5, 0.6) is 5.75 Å². The number of aliphatic imine (C=N–C) groups is 1. The van der Waals surface area contributed by atoms with Crippen molar-refractivity contribution in [3.63, 3.8) is 0 Å². The van der Waals surface area contributed by atoms with E-state index in [1.165, 1.54) is 0 Å². The minimum atomic E-state index is -0.0996. The minimum Gasteiger partial charge on any atom is -0.497 e. The quantitative estimate of drug-likeness (QED) is 0.320. The van der Waals surface area contributed by atoms with Crippen molar-refractivity contribution in [1.82, 2.24) is 16.0 Å². The first kappa shape index (κ1) is 16.9. The van der Waals surface area contributed by atoms with Crippen molar-refractivity contribution in [2.45, 2.75) is 18.9 Å². The van der Waals surface area contributed by atoms with E-state index in [-0.39, 0.29) is 5.91 Å². The van der Waals surface area contributed by atoms with E-state index in [1.807, 2.05) is 0 Å². The van der Waals surface area contributed by atoms with E-state index in [9.17, 15) is 4.79 Å². The van der Waals surface area contributed by atoms with Gasteiger partial charge in [-0.25, -0.2) is 0 Å². The number of ether oxygens (including phenoxy) is 1. The molecule has 0 radical (unpaired) electrons. The molecule has 0 aromatic heterocycles. The molecule has 1 aliphatic carbocycles. The first-order valence-electron chi connectivity index (χ1n) is 7.77. The van der Waals surface area contributed by atoms with Crippen LogP contribution in [-0.2, 0) is 0 Å². The molecule has 0 unspecified atom stereocenters. The van der Waals surface area contributed by atoms with Gasteiger partial charge < -0.3 is 20.7 Å². The van der Waals surface area contributed by atoms with Gasteiger partial charge >= 0.3 is 0 Å². The molecule has 23 heavy (non-hydrogen) atoms. The fraction of sp³-hybridized carbons (Fsp3) is 0.412. The molecule has 0 saturated carbocycles. The van der Waals surface area contributed by atoms with Crippen LogP contribution in [-0.4, -0.2) is 45.2 Å². The van der Waals surface area contributed by atoms with Crippen LogP contribution in [0.3, 0.4) is 0 Å². The van der Waals surface area contributed by atoms with Crippen molar-refractivity contribution in [2.75, 3.05) is 27.2 Å². The Labute approximate surface area is 137 Å². The van der Waals surface area contributed by atoms with Crippen molar-refractivity contribution in [3.8, 4) is 5.75 Å². The lowest BCUT2D eigenvalue weighted by Gasteiger charge is -2.17. The Hall–Kier alpha value is -2.50. The predicted octanol–water partition coefficient (Wildman–Crippen LogP) is 1.31. The van der Waals surface area contributed by atoms with Crippen molar-refractivity contribution in [1.29, 1.82) is 0 Å². The molecule has 0 aliphatic heterocycles. The Bertz CT molecular complexity index is 558. The Morgan fingerprint density at radius 2 is 1.83 bits per heavy atom. The van der Waals surface area contributed by atoms with Crippen LogP contribution in [0.2, 0.25) is 0 Å². The maximum absolute atomic E-state index is 12.0. The van der Waals surface area contributed by atoms with Gasteiger partial charge in [0, 0.05) is 31.7 Å². The maximum atomic E-state index is 12.0. The number of carbonyl (C=O) groups is 1. The number of guanidine groups is 1. The van der Waals surface area contributed by atoms with Gasteiger partial charge in [0.15, 0.2) is 5.96 Å². The Kier molecular flexibility index (Phi) is 6.47. The summed E-state index contributed by atoms with van der Waals surface area (Å²) in [5.74, 6) is 1.40. The summed E-state index contributed by atoms with van der Waals surface area (Å²) in [6, 6.07) is 7.45. The molecule has 3 N–H and O–H groups in total. The van der Waals surface area contributed by atoms with Gasteiger partial charge in [-0.1, -0.05) is 12.2 Å². The number of amides is 1. The van der Waals surface area contributed by atoms with Crippen LogP contribution in [0, 0.1) is 0 Å². The number of methoxy groups -OCH3 is 1. The van der Waals surface area contributed by atoms with E-state index >= 15 is 0 Å². The summed E-state index contributed by atoms with van der Waals surface area (Å²) >= 11 is 0. The lowest BCUT2D eigenvalue weighted by atomic mass is 10.2. The van der Waals surface area contributed by atoms with E-state index in [1.54, 1.807) is 38.4 Å². The molecular formula is C17H24N4O2. The van der Waals surface area contributed by atoms with Crippen LogP contribution in [0.1, 0.15) is 23.2 Å². The fourth-order valence-electron chi connectivity index (χ4n) is 2.32. The number of hydrogen-bond donors (Lipinski definition) is 3. The van der Waals surface area contributed by atoms with E-state index in [0.29, 0.717) is 24.7 Å². The lowest BCUT2D eigenvalue weighted by molar-refractivity contribution is 0.0954. The van der Waals surface area contributed by atoms with Gasteiger partial charge in [-0.05, 0) is 37.1 Å². The van der Waals surface area contributed by atoms with E-state index in [2.05, 4.69) is 33.1 Å². The second-order valence-corrected chi connectivity index (χ2v) is 5.27. The van der Waals surface area contributed by atoms with E-state index in [4.69, 9.17) is 4.74 Å².